The second-order valence-corrected chi connectivity index (χ2v) is 4.45. The van der Waals surface area contributed by atoms with Crippen molar-refractivity contribution in [3.05, 3.63) is 0 Å². The van der Waals surface area contributed by atoms with Crippen LogP contribution < -0.4 is 0 Å². The van der Waals surface area contributed by atoms with Crippen LogP contribution in [0, 0.1) is 23.2 Å². The van der Waals surface area contributed by atoms with Gasteiger partial charge in [-0.2, -0.15) is 5.26 Å². The minimum Gasteiger partial charge on any atom is -0.292 e. The molecule has 1 rings (SSSR count). The van der Waals surface area contributed by atoms with Crippen molar-refractivity contribution >= 4 is 0 Å². The number of hydrogen-bond acceptors (Lipinski definition) is 2. The van der Waals surface area contributed by atoms with E-state index < -0.39 is 0 Å². The van der Waals surface area contributed by atoms with E-state index >= 15 is 0 Å². The Kier molecular flexibility index (Phi) is 2.44. The molecule has 0 N–H and O–H groups in total. The van der Waals surface area contributed by atoms with E-state index in [2.05, 4.69) is 24.8 Å². The molecule has 0 aromatic carbocycles. The van der Waals surface area contributed by atoms with Crippen LogP contribution in [0.1, 0.15) is 26.7 Å². The molecule has 12 heavy (non-hydrogen) atoms. The highest BCUT2D eigenvalue weighted by atomic mass is 15.2. The van der Waals surface area contributed by atoms with Gasteiger partial charge in [-0.05, 0) is 38.8 Å². The maximum atomic E-state index is 9.01. The summed E-state index contributed by atoms with van der Waals surface area (Å²) in [6.07, 6.45) is 2.10. The Labute approximate surface area is 75.2 Å². The molecule has 2 nitrogen and oxygen atoms in total. The predicted molar refractivity (Wildman–Crippen MR) is 49.6 cm³/mol. The fourth-order valence-corrected chi connectivity index (χ4v) is 1.84. The first-order chi connectivity index (χ1) is 5.52. The first-order valence-electron chi connectivity index (χ1n) is 4.60. The molecule has 0 aliphatic heterocycles. The van der Waals surface area contributed by atoms with E-state index in [9.17, 15) is 0 Å². The standard InChI is InChI=1S/C10H18N2/c1-8(2)9-5-10(6-9,7-11)12(3)4/h8-9H,5-6H2,1-4H3. The lowest BCUT2D eigenvalue weighted by atomic mass is 9.64. The Morgan fingerprint density at radius 2 is 1.92 bits per heavy atom. The zero-order valence-corrected chi connectivity index (χ0v) is 8.46. The van der Waals surface area contributed by atoms with Crippen LogP contribution >= 0.6 is 0 Å². The Bertz CT molecular complexity index is 194. The summed E-state index contributed by atoms with van der Waals surface area (Å²) in [5, 5.41) is 9.01. The van der Waals surface area contributed by atoms with Gasteiger partial charge in [0.25, 0.3) is 0 Å². The smallest absolute Gasteiger partial charge is 0.109 e. The number of nitriles is 1. The van der Waals surface area contributed by atoms with Crippen molar-refractivity contribution in [2.24, 2.45) is 11.8 Å². The highest BCUT2D eigenvalue weighted by Gasteiger charge is 2.47. The summed E-state index contributed by atoms with van der Waals surface area (Å²) >= 11 is 0. The topological polar surface area (TPSA) is 27.0 Å². The lowest BCUT2D eigenvalue weighted by Crippen LogP contribution is -2.54. The van der Waals surface area contributed by atoms with Crippen molar-refractivity contribution < 1.29 is 0 Å². The van der Waals surface area contributed by atoms with E-state index in [1.807, 2.05) is 14.1 Å². The minimum atomic E-state index is -0.144. The molecule has 0 spiro atoms. The van der Waals surface area contributed by atoms with Crippen LogP contribution in [0.25, 0.3) is 0 Å². The van der Waals surface area contributed by atoms with Crippen LogP contribution in [0.3, 0.4) is 0 Å². The number of hydrogen-bond donors (Lipinski definition) is 0. The predicted octanol–water partition coefficient (Wildman–Crippen LogP) is 1.88. The highest BCUT2D eigenvalue weighted by molar-refractivity contribution is 5.15. The van der Waals surface area contributed by atoms with Crippen molar-refractivity contribution in [1.29, 1.82) is 5.26 Å². The molecule has 68 valence electrons. The SMILES string of the molecule is CC(C)C1CC(C#N)(N(C)C)C1. The van der Waals surface area contributed by atoms with Gasteiger partial charge in [0.1, 0.15) is 5.54 Å². The van der Waals surface area contributed by atoms with E-state index in [0.29, 0.717) is 0 Å². The van der Waals surface area contributed by atoms with E-state index in [1.165, 1.54) is 0 Å². The van der Waals surface area contributed by atoms with Crippen molar-refractivity contribution in [3.63, 3.8) is 0 Å². The van der Waals surface area contributed by atoms with Crippen LogP contribution in [-0.4, -0.2) is 24.5 Å². The Balaban J connectivity index is 2.54. The molecule has 0 saturated heterocycles. The maximum absolute atomic E-state index is 9.01. The third-order valence-corrected chi connectivity index (χ3v) is 3.21. The van der Waals surface area contributed by atoms with Crippen LogP contribution in [0.15, 0.2) is 0 Å². The molecular formula is C10H18N2. The lowest BCUT2D eigenvalue weighted by molar-refractivity contribution is 0.0342. The van der Waals surface area contributed by atoms with Gasteiger partial charge >= 0.3 is 0 Å². The Morgan fingerprint density at radius 1 is 1.42 bits per heavy atom. The van der Waals surface area contributed by atoms with Gasteiger partial charge in [-0.15, -0.1) is 0 Å². The quantitative estimate of drug-likeness (QED) is 0.626. The summed E-state index contributed by atoms with van der Waals surface area (Å²) in [5.41, 5.74) is -0.144. The molecule has 1 saturated carbocycles. The third kappa shape index (κ3) is 1.34. The van der Waals surface area contributed by atoms with Gasteiger partial charge in [-0.1, -0.05) is 13.8 Å². The zero-order chi connectivity index (χ0) is 9.35. The third-order valence-electron chi connectivity index (χ3n) is 3.21. The second-order valence-electron chi connectivity index (χ2n) is 4.45. The summed E-state index contributed by atoms with van der Waals surface area (Å²) in [6, 6.07) is 2.43. The summed E-state index contributed by atoms with van der Waals surface area (Å²) in [6.45, 7) is 4.48. The average Bonchev–Trinajstić information content (AvgIpc) is 1.84. The van der Waals surface area contributed by atoms with Crippen molar-refractivity contribution in [2.45, 2.75) is 32.2 Å². The summed E-state index contributed by atoms with van der Waals surface area (Å²) in [5.74, 6) is 1.48. The number of rotatable bonds is 2. The summed E-state index contributed by atoms with van der Waals surface area (Å²) in [4.78, 5) is 2.06. The molecule has 0 unspecified atom stereocenters. The molecule has 0 amide bonds. The van der Waals surface area contributed by atoms with Crippen LogP contribution in [0.4, 0.5) is 0 Å². The van der Waals surface area contributed by atoms with Gasteiger partial charge in [0.05, 0.1) is 6.07 Å². The summed E-state index contributed by atoms with van der Waals surface area (Å²) in [7, 11) is 4.00. The second kappa shape index (κ2) is 3.06. The maximum Gasteiger partial charge on any atom is 0.109 e. The van der Waals surface area contributed by atoms with Gasteiger partial charge in [-0.25, -0.2) is 0 Å². The van der Waals surface area contributed by atoms with E-state index in [4.69, 9.17) is 5.26 Å². The van der Waals surface area contributed by atoms with Crippen molar-refractivity contribution in [2.75, 3.05) is 14.1 Å². The van der Waals surface area contributed by atoms with Crippen LogP contribution in [0.2, 0.25) is 0 Å². The molecule has 1 aliphatic rings. The molecule has 1 fully saturated rings. The van der Waals surface area contributed by atoms with E-state index in [0.717, 1.165) is 24.7 Å². The van der Waals surface area contributed by atoms with Gasteiger partial charge in [-0.3, -0.25) is 4.90 Å². The van der Waals surface area contributed by atoms with Gasteiger partial charge in [0.2, 0.25) is 0 Å². The van der Waals surface area contributed by atoms with E-state index in [-0.39, 0.29) is 5.54 Å². The Hall–Kier alpha value is -0.550. The monoisotopic (exact) mass is 166 g/mol. The summed E-state index contributed by atoms with van der Waals surface area (Å²) < 4.78 is 0. The molecule has 0 atom stereocenters. The van der Waals surface area contributed by atoms with E-state index in [1.54, 1.807) is 0 Å². The first kappa shape index (κ1) is 9.54. The first-order valence-corrected chi connectivity index (χ1v) is 4.60. The van der Waals surface area contributed by atoms with Gasteiger partial charge in [0, 0.05) is 0 Å². The molecule has 0 heterocycles. The number of nitrogens with zero attached hydrogens (tertiary/aromatic N) is 2. The molecule has 0 bridgehead atoms. The largest absolute Gasteiger partial charge is 0.292 e. The molecule has 2 heteroatoms. The minimum absolute atomic E-state index is 0.144. The molecule has 1 aliphatic carbocycles. The highest BCUT2D eigenvalue weighted by Crippen LogP contribution is 2.44. The van der Waals surface area contributed by atoms with Crippen molar-refractivity contribution in [1.82, 2.24) is 4.90 Å². The van der Waals surface area contributed by atoms with Crippen LogP contribution in [-0.2, 0) is 0 Å². The van der Waals surface area contributed by atoms with Gasteiger partial charge in [0.15, 0.2) is 0 Å². The molecular weight excluding hydrogens is 148 g/mol. The van der Waals surface area contributed by atoms with Crippen molar-refractivity contribution in [3.8, 4) is 6.07 Å². The molecule has 0 aromatic rings. The van der Waals surface area contributed by atoms with Gasteiger partial charge < -0.3 is 0 Å². The Morgan fingerprint density at radius 3 is 2.17 bits per heavy atom. The average molecular weight is 166 g/mol. The molecule has 0 aromatic heterocycles. The fourth-order valence-electron chi connectivity index (χ4n) is 1.84. The lowest BCUT2D eigenvalue weighted by Gasteiger charge is -2.48. The fraction of sp³-hybridized carbons (Fsp3) is 0.900. The normalized spacial score (nSPS) is 34.9. The molecule has 0 radical (unpaired) electrons. The zero-order valence-electron chi connectivity index (χ0n) is 8.46. The van der Waals surface area contributed by atoms with Crippen LogP contribution in [0.5, 0.6) is 0 Å².